The maximum atomic E-state index is 11.8. The highest BCUT2D eigenvalue weighted by Gasteiger charge is 2.30. The van der Waals surface area contributed by atoms with Crippen LogP contribution in [0.25, 0.3) is 11.4 Å². The summed E-state index contributed by atoms with van der Waals surface area (Å²) in [4.78, 5) is 21.3. The molecule has 0 spiro atoms. The molecular formula is C20H24N2O4S. The van der Waals surface area contributed by atoms with E-state index in [2.05, 4.69) is 13.8 Å². The molecule has 2 heterocycles. The number of carbonyl (C=O) groups is 1. The normalized spacial score (nSPS) is 15.1. The predicted molar refractivity (Wildman–Crippen MR) is 104 cm³/mol. The van der Waals surface area contributed by atoms with Crippen molar-refractivity contribution in [3.05, 3.63) is 35.5 Å². The van der Waals surface area contributed by atoms with Crippen molar-refractivity contribution in [3.8, 4) is 17.1 Å². The first kappa shape index (κ1) is 19.6. The van der Waals surface area contributed by atoms with Gasteiger partial charge in [-0.25, -0.2) is 9.97 Å². The molecule has 6 nitrogen and oxygen atoms in total. The molecule has 0 aliphatic carbocycles. The van der Waals surface area contributed by atoms with Crippen LogP contribution in [0.1, 0.15) is 32.0 Å². The van der Waals surface area contributed by atoms with Gasteiger partial charge in [-0.1, -0.05) is 11.8 Å². The van der Waals surface area contributed by atoms with Gasteiger partial charge in [0.1, 0.15) is 10.8 Å². The van der Waals surface area contributed by atoms with Crippen LogP contribution < -0.4 is 4.74 Å². The van der Waals surface area contributed by atoms with E-state index in [0.29, 0.717) is 25.5 Å². The zero-order valence-electron chi connectivity index (χ0n) is 16.1. The Morgan fingerprint density at radius 3 is 2.67 bits per heavy atom. The summed E-state index contributed by atoms with van der Waals surface area (Å²) in [5.41, 5.74) is 2.56. The van der Waals surface area contributed by atoms with E-state index in [1.54, 1.807) is 14.0 Å². The number of nitrogens with zero attached hydrogens (tertiary/aromatic N) is 2. The Labute approximate surface area is 163 Å². The summed E-state index contributed by atoms with van der Waals surface area (Å²) in [6.07, 6.45) is 0.695. The average Bonchev–Trinajstić information content (AvgIpc) is 2.65. The number of benzene rings is 1. The van der Waals surface area contributed by atoms with Crippen molar-refractivity contribution in [2.45, 2.75) is 44.4 Å². The average molecular weight is 388 g/mol. The number of methoxy groups -OCH3 is 1. The van der Waals surface area contributed by atoms with Gasteiger partial charge in [0.2, 0.25) is 0 Å². The van der Waals surface area contributed by atoms with Gasteiger partial charge in [0.25, 0.3) is 0 Å². The molecule has 3 rings (SSSR count). The van der Waals surface area contributed by atoms with Crippen LogP contribution in [0.5, 0.6) is 5.75 Å². The fraction of sp³-hybridized carbons (Fsp3) is 0.450. The minimum Gasteiger partial charge on any atom is -0.497 e. The molecule has 0 radical (unpaired) electrons. The van der Waals surface area contributed by atoms with Crippen LogP contribution >= 0.6 is 11.8 Å². The number of fused-ring (bicyclic) bond motifs is 1. The van der Waals surface area contributed by atoms with Crippen molar-refractivity contribution in [1.29, 1.82) is 0 Å². The van der Waals surface area contributed by atoms with Gasteiger partial charge < -0.3 is 14.2 Å². The van der Waals surface area contributed by atoms with Crippen molar-refractivity contribution in [2.24, 2.45) is 0 Å². The van der Waals surface area contributed by atoms with E-state index in [-0.39, 0.29) is 17.3 Å². The molecule has 0 saturated carbocycles. The van der Waals surface area contributed by atoms with Crippen LogP contribution in [-0.2, 0) is 27.3 Å². The second-order valence-corrected chi connectivity index (χ2v) is 7.79. The predicted octanol–water partition coefficient (Wildman–Crippen LogP) is 3.66. The molecule has 0 amide bonds. The Morgan fingerprint density at radius 2 is 2.00 bits per heavy atom. The fourth-order valence-electron chi connectivity index (χ4n) is 2.84. The number of carbonyl (C=O) groups excluding carboxylic acids is 1. The molecule has 1 aromatic heterocycles. The van der Waals surface area contributed by atoms with Crippen LogP contribution in [0.2, 0.25) is 0 Å². The zero-order chi connectivity index (χ0) is 19.4. The van der Waals surface area contributed by atoms with E-state index < -0.39 is 0 Å². The summed E-state index contributed by atoms with van der Waals surface area (Å²) in [7, 11) is 1.64. The van der Waals surface area contributed by atoms with E-state index in [9.17, 15) is 4.79 Å². The number of aromatic nitrogens is 2. The molecule has 144 valence electrons. The van der Waals surface area contributed by atoms with Gasteiger partial charge in [-0.2, -0.15) is 0 Å². The van der Waals surface area contributed by atoms with Gasteiger partial charge in [-0.15, -0.1) is 0 Å². The van der Waals surface area contributed by atoms with Crippen molar-refractivity contribution in [3.63, 3.8) is 0 Å². The summed E-state index contributed by atoms with van der Waals surface area (Å²) in [6.45, 7) is 6.71. The van der Waals surface area contributed by atoms with E-state index in [4.69, 9.17) is 24.2 Å². The Morgan fingerprint density at radius 1 is 1.26 bits per heavy atom. The fourth-order valence-corrected chi connectivity index (χ4v) is 3.68. The monoisotopic (exact) mass is 388 g/mol. The second-order valence-electron chi connectivity index (χ2n) is 6.82. The molecule has 2 aromatic rings. The van der Waals surface area contributed by atoms with Gasteiger partial charge in [-0.3, -0.25) is 4.79 Å². The number of hydrogen-bond acceptors (Lipinski definition) is 7. The highest BCUT2D eigenvalue weighted by molar-refractivity contribution is 7.99. The van der Waals surface area contributed by atoms with E-state index in [1.165, 1.54) is 11.8 Å². The van der Waals surface area contributed by atoms with Crippen LogP contribution in [0.3, 0.4) is 0 Å². The first-order valence-electron chi connectivity index (χ1n) is 8.88. The van der Waals surface area contributed by atoms with Crippen LogP contribution in [0.15, 0.2) is 29.3 Å². The summed E-state index contributed by atoms with van der Waals surface area (Å²) >= 11 is 1.37. The molecule has 1 aliphatic heterocycles. The summed E-state index contributed by atoms with van der Waals surface area (Å²) in [6, 6.07) is 7.64. The summed E-state index contributed by atoms with van der Waals surface area (Å²) in [5.74, 6) is 1.38. The van der Waals surface area contributed by atoms with Gasteiger partial charge in [-0.05, 0) is 45.0 Å². The zero-order valence-corrected chi connectivity index (χ0v) is 16.9. The first-order valence-corrected chi connectivity index (χ1v) is 9.87. The Kier molecular flexibility index (Phi) is 6.01. The lowest BCUT2D eigenvalue weighted by atomic mass is 9.96. The van der Waals surface area contributed by atoms with E-state index >= 15 is 0 Å². The molecule has 1 aromatic carbocycles. The maximum absolute atomic E-state index is 11.8. The van der Waals surface area contributed by atoms with Gasteiger partial charge in [0.05, 0.1) is 37.4 Å². The van der Waals surface area contributed by atoms with Crippen LogP contribution in [0, 0.1) is 0 Å². The Bertz CT molecular complexity index is 821. The molecule has 27 heavy (non-hydrogen) atoms. The van der Waals surface area contributed by atoms with E-state index in [0.717, 1.165) is 27.6 Å². The standard InChI is InChI=1S/C20H24N2O4S/c1-5-25-17(23)12-27-19-15-11-26-20(2,3)10-16(15)21-18(22-19)13-6-8-14(24-4)9-7-13/h6-9H,5,10-12H2,1-4H3. The quantitative estimate of drug-likeness (QED) is 0.425. The van der Waals surface area contributed by atoms with Crippen LogP contribution in [-0.4, -0.2) is 41.0 Å². The van der Waals surface area contributed by atoms with Gasteiger partial charge in [0.15, 0.2) is 5.82 Å². The first-order chi connectivity index (χ1) is 12.9. The SMILES string of the molecule is CCOC(=O)CSc1nc(-c2ccc(OC)cc2)nc2c1COC(C)(C)C2. The summed E-state index contributed by atoms with van der Waals surface area (Å²) in [5, 5.41) is 0.773. The van der Waals surface area contributed by atoms with Gasteiger partial charge >= 0.3 is 5.97 Å². The van der Waals surface area contributed by atoms with Crippen molar-refractivity contribution < 1.29 is 19.0 Å². The molecule has 0 unspecified atom stereocenters. The Hall–Kier alpha value is -2.12. The van der Waals surface area contributed by atoms with Crippen molar-refractivity contribution >= 4 is 17.7 Å². The van der Waals surface area contributed by atoms with E-state index in [1.807, 2.05) is 24.3 Å². The minimum atomic E-state index is -0.276. The minimum absolute atomic E-state index is 0.211. The topological polar surface area (TPSA) is 70.5 Å². The molecule has 0 N–H and O–H groups in total. The van der Waals surface area contributed by atoms with Crippen LogP contribution in [0.4, 0.5) is 0 Å². The van der Waals surface area contributed by atoms with Crippen molar-refractivity contribution in [2.75, 3.05) is 19.5 Å². The molecule has 0 saturated heterocycles. The third kappa shape index (κ3) is 4.78. The summed E-state index contributed by atoms with van der Waals surface area (Å²) < 4.78 is 16.2. The highest BCUT2D eigenvalue weighted by Crippen LogP contribution is 2.34. The lowest BCUT2D eigenvalue weighted by molar-refractivity contribution is -0.139. The molecule has 0 fully saturated rings. The van der Waals surface area contributed by atoms with Crippen molar-refractivity contribution in [1.82, 2.24) is 9.97 Å². The lowest BCUT2D eigenvalue weighted by Crippen LogP contribution is -2.33. The molecular weight excluding hydrogens is 364 g/mol. The number of rotatable bonds is 6. The third-order valence-corrected chi connectivity index (χ3v) is 5.23. The molecule has 1 aliphatic rings. The lowest BCUT2D eigenvalue weighted by Gasteiger charge is -2.32. The largest absolute Gasteiger partial charge is 0.497 e. The Balaban J connectivity index is 1.96. The smallest absolute Gasteiger partial charge is 0.316 e. The highest BCUT2D eigenvalue weighted by atomic mass is 32.2. The number of thioether (sulfide) groups is 1. The maximum Gasteiger partial charge on any atom is 0.316 e. The molecule has 0 atom stereocenters. The van der Waals surface area contributed by atoms with Gasteiger partial charge in [0, 0.05) is 17.5 Å². The molecule has 7 heteroatoms. The second kappa shape index (κ2) is 8.27. The number of ether oxygens (including phenoxy) is 3. The third-order valence-electron chi connectivity index (χ3n) is 4.24. The number of esters is 1. The number of hydrogen-bond donors (Lipinski definition) is 0. The molecule has 0 bridgehead atoms.